The van der Waals surface area contributed by atoms with Gasteiger partial charge in [-0.05, 0) is 29.6 Å². The predicted molar refractivity (Wildman–Crippen MR) is 105 cm³/mol. The van der Waals surface area contributed by atoms with Crippen molar-refractivity contribution in [3.8, 4) is 28.6 Å². The summed E-state index contributed by atoms with van der Waals surface area (Å²) >= 11 is 1.53. The Bertz CT molecular complexity index is 1250. The van der Waals surface area contributed by atoms with Gasteiger partial charge < -0.3 is 19.4 Å². The lowest BCUT2D eigenvalue weighted by molar-refractivity contribution is 0.313. The van der Waals surface area contributed by atoms with E-state index in [1.165, 1.54) is 17.4 Å². The van der Waals surface area contributed by atoms with Crippen molar-refractivity contribution in [2.75, 3.05) is 6.61 Å². The average molecular weight is 416 g/mol. The lowest BCUT2D eigenvalue weighted by Gasteiger charge is -2.12. The van der Waals surface area contributed by atoms with Crippen LogP contribution >= 0.6 is 11.3 Å². The van der Waals surface area contributed by atoms with Crippen LogP contribution in [0.3, 0.4) is 0 Å². The van der Waals surface area contributed by atoms with E-state index in [9.17, 15) is 23.8 Å². The fraction of sp³-hybridized carbons (Fsp3) is 0.0952. The van der Waals surface area contributed by atoms with Crippen molar-refractivity contribution in [3.05, 3.63) is 74.6 Å². The van der Waals surface area contributed by atoms with Crippen LogP contribution in [0.15, 0.2) is 57.1 Å². The van der Waals surface area contributed by atoms with E-state index in [0.29, 0.717) is 6.42 Å². The molecule has 29 heavy (non-hydrogen) atoms. The molecule has 0 unspecified atom stereocenters. The van der Waals surface area contributed by atoms with E-state index < -0.39 is 22.8 Å². The fourth-order valence-electron chi connectivity index (χ4n) is 2.94. The van der Waals surface area contributed by atoms with Crippen LogP contribution in [0.4, 0.5) is 8.78 Å². The third-order valence-corrected chi connectivity index (χ3v) is 5.21. The number of phenolic OH excluding ortho intramolecular Hbond substituents is 2. The molecule has 0 aliphatic heterocycles. The lowest BCUT2D eigenvalue weighted by Crippen LogP contribution is -2.12. The highest BCUT2D eigenvalue weighted by molar-refractivity contribution is 7.09. The first-order chi connectivity index (χ1) is 13.9. The van der Waals surface area contributed by atoms with Crippen molar-refractivity contribution >= 4 is 22.3 Å². The average Bonchev–Trinajstić information content (AvgIpc) is 3.18. The van der Waals surface area contributed by atoms with Gasteiger partial charge in [-0.1, -0.05) is 6.07 Å². The third kappa shape index (κ3) is 3.66. The second kappa shape index (κ2) is 7.56. The first-order valence-corrected chi connectivity index (χ1v) is 9.45. The standard InChI is InChI=1S/C21H14F2O5S/c22-14-4-3-11(8-15(14)23)20-21(27-6-5-13-2-1-7-29-13)19(26)18-16(25)9-12(24)10-17(18)28-20/h1-4,7-10,24-25H,5-6H2. The van der Waals surface area contributed by atoms with Crippen molar-refractivity contribution in [3.63, 3.8) is 0 Å². The lowest BCUT2D eigenvalue weighted by atomic mass is 10.1. The molecule has 4 rings (SSSR count). The van der Waals surface area contributed by atoms with Crippen LogP contribution in [0.2, 0.25) is 0 Å². The maximum absolute atomic E-state index is 13.8. The SMILES string of the molecule is O=c1c(OCCc2cccs2)c(-c2ccc(F)c(F)c2)oc2cc(O)cc(O)c12. The summed E-state index contributed by atoms with van der Waals surface area (Å²) in [6.07, 6.45) is 0.522. The molecule has 0 bridgehead atoms. The van der Waals surface area contributed by atoms with Gasteiger partial charge >= 0.3 is 0 Å². The van der Waals surface area contributed by atoms with Gasteiger partial charge in [0.15, 0.2) is 17.4 Å². The molecule has 2 aromatic heterocycles. The molecular weight excluding hydrogens is 402 g/mol. The van der Waals surface area contributed by atoms with Crippen molar-refractivity contribution in [2.45, 2.75) is 6.42 Å². The largest absolute Gasteiger partial charge is 0.508 e. The Kier molecular flexibility index (Phi) is 4.94. The van der Waals surface area contributed by atoms with Crippen LogP contribution in [0.25, 0.3) is 22.3 Å². The van der Waals surface area contributed by atoms with Crippen LogP contribution in [0.1, 0.15) is 4.88 Å². The van der Waals surface area contributed by atoms with Gasteiger partial charge in [-0.3, -0.25) is 4.79 Å². The molecule has 5 nitrogen and oxygen atoms in total. The van der Waals surface area contributed by atoms with Crippen LogP contribution < -0.4 is 10.2 Å². The molecule has 0 aliphatic carbocycles. The summed E-state index contributed by atoms with van der Waals surface area (Å²) in [5.74, 6) is -3.33. The minimum absolute atomic E-state index is 0.0804. The van der Waals surface area contributed by atoms with E-state index in [4.69, 9.17) is 9.15 Å². The van der Waals surface area contributed by atoms with Gasteiger partial charge in [0.2, 0.25) is 11.2 Å². The summed E-state index contributed by atoms with van der Waals surface area (Å²) in [5, 5.41) is 21.5. The molecule has 4 aromatic rings. The predicted octanol–water partition coefficient (Wildman–Crippen LogP) is 4.83. The van der Waals surface area contributed by atoms with Crippen LogP contribution in [-0.4, -0.2) is 16.8 Å². The molecule has 0 radical (unpaired) electrons. The van der Waals surface area contributed by atoms with Crippen molar-refractivity contribution in [2.24, 2.45) is 0 Å². The normalized spacial score (nSPS) is 11.1. The highest BCUT2D eigenvalue weighted by atomic mass is 32.1. The Morgan fingerprint density at radius 1 is 1.07 bits per heavy atom. The van der Waals surface area contributed by atoms with Gasteiger partial charge in [-0.25, -0.2) is 8.78 Å². The number of ether oxygens (including phenoxy) is 1. The van der Waals surface area contributed by atoms with Crippen LogP contribution in [0, 0.1) is 11.6 Å². The number of aromatic hydroxyl groups is 2. The van der Waals surface area contributed by atoms with Gasteiger partial charge in [0.05, 0.1) is 6.61 Å². The van der Waals surface area contributed by atoms with Crippen molar-refractivity contribution in [1.29, 1.82) is 0 Å². The zero-order valence-electron chi connectivity index (χ0n) is 14.8. The molecule has 148 valence electrons. The summed E-state index contributed by atoms with van der Waals surface area (Å²) < 4.78 is 38.5. The van der Waals surface area contributed by atoms with Gasteiger partial charge in [-0.15, -0.1) is 11.3 Å². The summed E-state index contributed by atoms with van der Waals surface area (Å²) in [6, 6.07) is 9.00. The molecule has 0 saturated carbocycles. The molecule has 2 aromatic carbocycles. The Morgan fingerprint density at radius 3 is 2.62 bits per heavy atom. The number of phenols is 2. The van der Waals surface area contributed by atoms with Crippen LogP contribution in [0.5, 0.6) is 17.2 Å². The summed E-state index contributed by atoms with van der Waals surface area (Å²) in [5.41, 5.74) is -0.718. The monoisotopic (exact) mass is 416 g/mol. The Balaban J connectivity index is 1.86. The van der Waals surface area contributed by atoms with E-state index in [1.54, 1.807) is 0 Å². The highest BCUT2D eigenvalue weighted by Gasteiger charge is 2.21. The van der Waals surface area contributed by atoms with E-state index in [-0.39, 0.29) is 40.4 Å². The minimum Gasteiger partial charge on any atom is -0.508 e. The van der Waals surface area contributed by atoms with Gasteiger partial charge in [0, 0.05) is 29.0 Å². The molecule has 8 heteroatoms. The number of hydrogen-bond donors (Lipinski definition) is 2. The zero-order valence-corrected chi connectivity index (χ0v) is 15.6. The fourth-order valence-corrected chi connectivity index (χ4v) is 3.63. The summed E-state index contributed by atoms with van der Waals surface area (Å²) in [4.78, 5) is 14.0. The Labute approximate surface area is 167 Å². The van der Waals surface area contributed by atoms with Crippen LogP contribution in [-0.2, 0) is 6.42 Å². The van der Waals surface area contributed by atoms with Gasteiger partial charge in [0.25, 0.3) is 0 Å². The zero-order chi connectivity index (χ0) is 20.5. The molecule has 0 aliphatic rings. The van der Waals surface area contributed by atoms with Gasteiger partial charge in [-0.2, -0.15) is 0 Å². The topological polar surface area (TPSA) is 79.9 Å². The number of hydrogen-bond acceptors (Lipinski definition) is 6. The Morgan fingerprint density at radius 2 is 1.90 bits per heavy atom. The molecule has 0 fully saturated rings. The second-order valence-corrected chi connectivity index (χ2v) is 7.27. The van der Waals surface area contributed by atoms with Crippen molar-refractivity contribution < 1.29 is 28.1 Å². The molecule has 0 amide bonds. The van der Waals surface area contributed by atoms with E-state index in [0.717, 1.165) is 29.1 Å². The maximum atomic E-state index is 13.8. The molecule has 2 N–H and O–H groups in total. The number of thiophene rings is 1. The molecule has 0 spiro atoms. The number of rotatable bonds is 5. The Hall–Kier alpha value is -3.39. The first-order valence-electron chi connectivity index (χ1n) is 8.57. The number of fused-ring (bicyclic) bond motifs is 1. The number of halogens is 2. The molecule has 0 atom stereocenters. The molecule has 0 saturated heterocycles. The maximum Gasteiger partial charge on any atom is 0.239 e. The second-order valence-electron chi connectivity index (χ2n) is 6.23. The molecular formula is C21H14F2O5S. The van der Waals surface area contributed by atoms with E-state index >= 15 is 0 Å². The highest BCUT2D eigenvalue weighted by Crippen LogP contribution is 2.36. The third-order valence-electron chi connectivity index (χ3n) is 4.27. The van der Waals surface area contributed by atoms with Crippen molar-refractivity contribution in [1.82, 2.24) is 0 Å². The first kappa shape index (κ1) is 18.9. The number of benzene rings is 2. The molecule has 2 heterocycles. The minimum atomic E-state index is -1.12. The van der Waals surface area contributed by atoms with Gasteiger partial charge in [0.1, 0.15) is 22.5 Å². The smallest absolute Gasteiger partial charge is 0.239 e. The summed E-state index contributed by atoms with van der Waals surface area (Å²) in [6.45, 7) is 0.131. The van der Waals surface area contributed by atoms with E-state index in [2.05, 4.69) is 0 Å². The summed E-state index contributed by atoms with van der Waals surface area (Å²) in [7, 11) is 0. The van der Waals surface area contributed by atoms with E-state index in [1.807, 2.05) is 17.5 Å². The quantitative estimate of drug-likeness (QED) is 0.487.